The molecule has 1 aliphatic rings. The largest absolute Gasteiger partial charge is 0.416 e. The van der Waals surface area contributed by atoms with Gasteiger partial charge in [0.1, 0.15) is 11.0 Å². The van der Waals surface area contributed by atoms with Crippen molar-refractivity contribution in [3.63, 3.8) is 0 Å². The van der Waals surface area contributed by atoms with E-state index in [1.807, 2.05) is 11.8 Å². The Morgan fingerprint density at radius 1 is 1.44 bits per heavy atom. The Morgan fingerprint density at radius 3 is 2.83 bits per heavy atom. The topological polar surface area (TPSA) is 24.9 Å². The number of halogens is 4. The predicted molar refractivity (Wildman–Crippen MR) is 68.2 cm³/mol. The molecule has 0 bridgehead atoms. The van der Waals surface area contributed by atoms with Crippen LogP contribution in [0, 0.1) is 0 Å². The molecule has 0 amide bonds. The number of aromatic nitrogens is 1. The van der Waals surface area contributed by atoms with Crippen molar-refractivity contribution >= 4 is 29.2 Å². The van der Waals surface area contributed by atoms with E-state index in [2.05, 4.69) is 10.3 Å². The molecular formula is C11H12ClF3N2S. The molecule has 2 nitrogen and oxygen atoms in total. The second-order valence-electron chi connectivity index (χ2n) is 4.08. The van der Waals surface area contributed by atoms with E-state index in [1.165, 1.54) is 0 Å². The van der Waals surface area contributed by atoms with Crippen molar-refractivity contribution in [1.82, 2.24) is 4.98 Å². The number of hydrogen-bond acceptors (Lipinski definition) is 3. The highest BCUT2D eigenvalue weighted by atomic mass is 35.5. The number of thioether (sulfide) groups is 1. The first kappa shape index (κ1) is 13.8. The van der Waals surface area contributed by atoms with Gasteiger partial charge in [0.15, 0.2) is 0 Å². The minimum Gasteiger partial charge on any atom is -0.369 e. The Bertz CT molecular complexity index is 419. The fourth-order valence-corrected chi connectivity index (χ4v) is 3.18. The lowest BCUT2D eigenvalue weighted by atomic mass is 10.2. The normalized spacial score (nSPS) is 20.1. The van der Waals surface area contributed by atoms with Gasteiger partial charge in [0.05, 0.1) is 5.56 Å². The lowest BCUT2D eigenvalue weighted by Gasteiger charge is -2.13. The van der Waals surface area contributed by atoms with Crippen molar-refractivity contribution in [3.8, 4) is 0 Å². The van der Waals surface area contributed by atoms with Gasteiger partial charge in [0.2, 0.25) is 0 Å². The zero-order valence-electron chi connectivity index (χ0n) is 9.43. The van der Waals surface area contributed by atoms with Crippen molar-refractivity contribution in [2.24, 2.45) is 0 Å². The summed E-state index contributed by atoms with van der Waals surface area (Å²) in [6.45, 7) is 0.620. The van der Waals surface area contributed by atoms with Gasteiger partial charge >= 0.3 is 6.18 Å². The molecule has 1 fully saturated rings. The van der Waals surface area contributed by atoms with E-state index in [1.54, 1.807) is 0 Å². The first-order valence-corrected chi connectivity index (χ1v) is 6.98. The summed E-state index contributed by atoms with van der Waals surface area (Å²) < 4.78 is 37.7. The number of nitrogens with zero attached hydrogens (tertiary/aromatic N) is 1. The molecule has 1 aromatic heterocycles. The third-order valence-corrected chi connectivity index (χ3v) is 4.25. The Hall–Kier alpha value is -0.620. The maximum absolute atomic E-state index is 12.6. The van der Waals surface area contributed by atoms with Crippen LogP contribution in [0.4, 0.5) is 19.0 Å². The minimum absolute atomic E-state index is 0.147. The molecule has 0 aromatic carbocycles. The van der Waals surface area contributed by atoms with Gasteiger partial charge in [-0.05, 0) is 30.7 Å². The molecule has 1 saturated heterocycles. The van der Waals surface area contributed by atoms with Gasteiger partial charge in [-0.1, -0.05) is 11.6 Å². The number of nitrogens with one attached hydrogen (secondary N) is 1. The maximum atomic E-state index is 12.6. The van der Waals surface area contributed by atoms with Crippen LogP contribution in [0.5, 0.6) is 0 Å². The quantitative estimate of drug-likeness (QED) is 0.852. The third kappa shape index (κ3) is 3.68. The summed E-state index contributed by atoms with van der Waals surface area (Å²) >= 11 is 7.43. The molecule has 1 aliphatic heterocycles. The monoisotopic (exact) mass is 296 g/mol. The zero-order valence-corrected chi connectivity index (χ0v) is 11.0. The number of hydrogen-bond donors (Lipinski definition) is 1. The van der Waals surface area contributed by atoms with Crippen molar-refractivity contribution in [1.29, 1.82) is 0 Å². The molecule has 7 heteroatoms. The summed E-state index contributed by atoms with van der Waals surface area (Å²) in [6.07, 6.45) is -2.15. The minimum atomic E-state index is -4.40. The summed E-state index contributed by atoms with van der Waals surface area (Å²) in [4.78, 5) is 3.85. The van der Waals surface area contributed by atoms with E-state index in [0.717, 1.165) is 30.7 Å². The summed E-state index contributed by atoms with van der Waals surface area (Å²) in [5.74, 6) is 1.30. The number of pyridine rings is 1. The van der Waals surface area contributed by atoms with Crippen LogP contribution in [0.25, 0.3) is 0 Å². The van der Waals surface area contributed by atoms with Crippen LogP contribution in [0.15, 0.2) is 12.1 Å². The summed E-state index contributed by atoms with van der Waals surface area (Å²) in [7, 11) is 0. The van der Waals surface area contributed by atoms with Gasteiger partial charge in [-0.25, -0.2) is 4.98 Å². The van der Waals surface area contributed by atoms with E-state index in [-0.39, 0.29) is 11.0 Å². The zero-order chi connectivity index (χ0) is 13.2. The average molecular weight is 297 g/mol. The van der Waals surface area contributed by atoms with Crippen LogP contribution >= 0.6 is 23.4 Å². The summed E-state index contributed by atoms with van der Waals surface area (Å²) in [5, 5.41) is 3.22. The molecular weight excluding hydrogens is 285 g/mol. The van der Waals surface area contributed by atoms with Crippen molar-refractivity contribution in [2.75, 3.05) is 17.6 Å². The van der Waals surface area contributed by atoms with Gasteiger partial charge < -0.3 is 5.32 Å². The molecule has 2 heterocycles. The van der Waals surface area contributed by atoms with Gasteiger partial charge in [0.25, 0.3) is 0 Å². The molecule has 100 valence electrons. The highest BCUT2D eigenvalue weighted by molar-refractivity contribution is 8.00. The predicted octanol–water partition coefficient (Wildman–Crippen LogP) is 4.06. The molecule has 0 aliphatic carbocycles. The Kier molecular flexibility index (Phi) is 4.27. The van der Waals surface area contributed by atoms with Crippen LogP contribution in [0.3, 0.4) is 0 Å². The van der Waals surface area contributed by atoms with Crippen LogP contribution in [0.1, 0.15) is 18.4 Å². The molecule has 1 atom stereocenters. The van der Waals surface area contributed by atoms with Crippen LogP contribution in [-0.2, 0) is 6.18 Å². The second kappa shape index (κ2) is 5.57. The third-order valence-electron chi connectivity index (χ3n) is 2.66. The molecule has 0 radical (unpaired) electrons. The van der Waals surface area contributed by atoms with E-state index in [4.69, 9.17) is 11.6 Å². The summed E-state index contributed by atoms with van der Waals surface area (Å²) in [5.41, 5.74) is -0.774. The summed E-state index contributed by atoms with van der Waals surface area (Å²) in [6, 6.07) is 1.82. The van der Waals surface area contributed by atoms with Crippen molar-refractivity contribution in [3.05, 3.63) is 22.8 Å². The smallest absolute Gasteiger partial charge is 0.369 e. The SMILES string of the molecule is FC(F)(F)c1cc(Cl)nc(NCC2CCCS2)c1. The van der Waals surface area contributed by atoms with E-state index < -0.39 is 11.7 Å². The van der Waals surface area contributed by atoms with Crippen LogP contribution in [0.2, 0.25) is 5.15 Å². The van der Waals surface area contributed by atoms with E-state index >= 15 is 0 Å². The highest BCUT2D eigenvalue weighted by Crippen LogP contribution is 2.32. The van der Waals surface area contributed by atoms with Crippen LogP contribution in [-0.4, -0.2) is 22.5 Å². The lowest BCUT2D eigenvalue weighted by Crippen LogP contribution is -2.15. The van der Waals surface area contributed by atoms with Gasteiger partial charge in [-0.3, -0.25) is 0 Å². The number of rotatable bonds is 3. The molecule has 1 N–H and O–H groups in total. The number of alkyl halides is 3. The first-order chi connectivity index (χ1) is 8.45. The highest BCUT2D eigenvalue weighted by Gasteiger charge is 2.31. The lowest BCUT2D eigenvalue weighted by molar-refractivity contribution is -0.137. The van der Waals surface area contributed by atoms with E-state index in [9.17, 15) is 13.2 Å². The molecule has 2 rings (SSSR count). The Morgan fingerprint density at radius 2 is 2.22 bits per heavy atom. The fourth-order valence-electron chi connectivity index (χ4n) is 1.77. The molecule has 18 heavy (non-hydrogen) atoms. The average Bonchev–Trinajstić information content (AvgIpc) is 2.77. The Labute approximate surface area is 112 Å². The van der Waals surface area contributed by atoms with E-state index in [0.29, 0.717) is 11.8 Å². The van der Waals surface area contributed by atoms with Gasteiger partial charge in [-0.2, -0.15) is 24.9 Å². The fraction of sp³-hybridized carbons (Fsp3) is 0.545. The first-order valence-electron chi connectivity index (χ1n) is 5.55. The standard InChI is InChI=1S/C11H12ClF3N2S/c12-9-4-7(11(13,14)15)5-10(17-9)16-6-8-2-1-3-18-8/h4-5,8H,1-3,6H2,(H,16,17). The van der Waals surface area contributed by atoms with Crippen molar-refractivity contribution in [2.45, 2.75) is 24.3 Å². The second-order valence-corrected chi connectivity index (χ2v) is 5.87. The number of anilines is 1. The molecule has 0 saturated carbocycles. The Balaban J connectivity index is 2.05. The van der Waals surface area contributed by atoms with Crippen molar-refractivity contribution < 1.29 is 13.2 Å². The molecule has 1 aromatic rings. The maximum Gasteiger partial charge on any atom is 0.416 e. The molecule has 0 spiro atoms. The van der Waals surface area contributed by atoms with Gasteiger partial charge in [0, 0.05) is 11.8 Å². The van der Waals surface area contributed by atoms with Crippen LogP contribution < -0.4 is 5.32 Å². The molecule has 1 unspecified atom stereocenters. The van der Waals surface area contributed by atoms with Gasteiger partial charge in [-0.15, -0.1) is 0 Å².